The van der Waals surface area contributed by atoms with Crippen LogP contribution in [-0.4, -0.2) is 26.6 Å². The van der Waals surface area contributed by atoms with Crippen LogP contribution in [0.5, 0.6) is 11.5 Å². The van der Waals surface area contributed by atoms with E-state index in [2.05, 4.69) is 4.18 Å². The lowest BCUT2D eigenvalue weighted by Gasteiger charge is -2.33. The van der Waals surface area contributed by atoms with E-state index in [4.69, 9.17) is 9.47 Å². The van der Waals surface area contributed by atoms with Crippen molar-refractivity contribution in [2.75, 3.05) is 7.11 Å². The van der Waals surface area contributed by atoms with E-state index in [0.717, 1.165) is 5.57 Å². The van der Waals surface area contributed by atoms with Gasteiger partial charge in [-0.15, -0.1) is 0 Å². The first kappa shape index (κ1) is 21.1. The number of rotatable bonds is 6. The van der Waals surface area contributed by atoms with Crippen molar-refractivity contribution in [2.24, 2.45) is 0 Å². The molecule has 0 aliphatic carbocycles. The van der Waals surface area contributed by atoms with Crippen LogP contribution < -0.4 is 9.47 Å². The van der Waals surface area contributed by atoms with Crippen molar-refractivity contribution in [3.05, 3.63) is 41.5 Å². The Bertz CT molecular complexity index is 867. The molecule has 1 aliphatic heterocycles. The van der Waals surface area contributed by atoms with Gasteiger partial charge in [-0.1, -0.05) is 11.6 Å². The molecule has 0 unspecified atom stereocenters. The van der Waals surface area contributed by atoms with Crippen LogP contribution in [0.1, 0.15) is 39.2 Å². The third kappa shape index (κ3) is 4.97. The second-order valence-corrected chi connectivity index (χ2v) is 8.13. The largest absolute Gasteiger partial charge is 0.534 e. The fraction of sp³-hybridized carbons (Fsp3) is 0.444. The molecule has 0 saturated heterocycles. The van der Waals surface area contributed by atoms with E-state index in [1.165, 1.54) is 25.3 Å². The Morgan fingerprint density at radius 1 is 1.30 bits per heavy atom. The molecule has 27 heavy (non-hydrogen) atoms. The van der Waals surface area contributed by atoms with Crippen LogP contribution in [0.15, 0.2) is 35.9 Å². The minimum Gasteiger partial charge on any atom is -0.497 e. The number of alkyl halides is 3. The summed E-state index contributed by atoms with van der Waals surface area (Å²) in [6.45, 7) is 5.50. The van der Waals surface area contributed by atoms with Crippen LogP contribution in [0.25, 0.3) is 5.76 Å². The summed E-state index contributed by atoms with van der Waals surface area (Å²) in [7, 11) is -4.44. The van der Waals surface area contributed by atoms with E-state index in [0.29, 0.717) is 18.6 Å². The van der Waals surface area contributed by atoms with E-state index in [-0.39, 0.29) is 11.3 Å². The molecule has 150 valence electrons. The van der Waals surface area contributed by atoms with Gasteiger partial charge < -0.3 is 13.7 Å². The van der Waals surface area contributed by atoms with Gasteiger partial charge >= 0.3 is 15.6 Å². The first-order chi connectivity index (χ1) is 12.4. The highest BCUT2D eigenvalue weighted by atomic mass is 32.2. The van der Waals surface area contributed by atoms with Crippen molar-refractivity contribution in [1.29, 1.82) is 0 Å². The van der Waals surface area contributed by atoms with Gasteiger partial charge in [0, 0.05) is 6.08 Å². The summed E-state index contributed by atoms with van der Waals surface area (Å²) in [6, 6.07) is 4.43. The minimum atomic E-state index is -5.82. The summed E-state index contributed by atoms with van der Waals surface area (Å²) in [5.41, 5.74) is -5.42. The van der Waals surface area contributed by atoms with E-state index < -0.39 is 27.0 Å². The molecule has 1 heterocycles. The molecule has 0 bridgehead atoms. The van der Waals surface area contributed by atoms with Gasteiger partial charge in [0.25, 0.3) is 0 Å². The van der Waals surface area contributed by atoms with Crippen LogP contribution in [0, 0.1) is 0 Å². The maximum Gasteiger partial charge on any atom is 0.534 e. The molecule has 0 radical (unpaired) electrons. The number of fused-ring (bicyclic) bond motifs is 1. The number of hydrogen-bond acceptors (Lipinski definition) is 5. The van der Waals surface area contributed by atoms with Crippen molar-refractivity contribution < 1.29 is 35.2 Å². The third-order valence-corrected chi connectivity index (χ3v) is 4.87. The Hall–Kier alpha value is -2.16. The van der Waals surface area contributed by atoms with E-state index >= 15 is 0 Å². The molecule has 1 atom stereocenters. The van der Waals surface area contributed by atoms with Crippen LogP contribution in [0.3, 0.4) is 0 Å². The standard InChI is InChI=1S/C18H21F3O5S/c1-12(2)6-5-9-17(3)11-16(26-27(22,23)18(19,20)21)14-10-13(24-4)7-8-15(14)25-17/h6-8,10-11H,5,9H2,1-4H3/t17-/m0/s1. The highest BCUT2D eigenvalue weighted by Gasteiger charge is 2.49. The third-order valence-electron chi connectivity index (χ3n) is 3.91. The molecule has 0 fully saturated rings. The lowest BCUT2D eigenvalue weighted by molar-refractivity contribution is -0.0510. The molecular formula is C18H21F3O5S. The Balaban J connectivity index is 2.48. The molecule has 1 aromatic carbocycles. The molecule has 0 spiro atoms. The predicted molar refractivity (Wildman–Crippen MR) is 94.7 cm³/mol. The van der Waals surface area contributed by atoms with Crippen LogP contribution in [0.2, 0.25) is 0 Å². The first-order valence-corrected chi connectivity index (χ1v) is 9.52. The smallest absolute Gasteiger partial charge is 0.497 e. The van der Waals surface area contributed by atoms with Crippen LogP contribution in [-0.2, 0) is 14.3 Å². The summed E-state index contributed by atoms with van der Waals surface area (Å²) < 4.78 is 76.8. The Morgan fingerprint density at radius 3 is 2.52 bits per heavy atom. The van der Waals surface area contributed by atoms with E-state index in [1.807, 2.05) is 19.9 Å². The van der Waals surface area contributed by atoms with Gasteiger partial charge in [-0.3, -0.25) is 0 Å². The van der Waals surface area contributed by atoms with Crippen molar-refractivity contribution in [3.8, 4) is 11.5 Å². The van der Waals surface area contributed by atoms with Gasteiger partial charge in [0.2, 0.25) is 0 Å². The average molecular weight is 406 g/mol. The number of hydrogen-bond donors (Lipinski definition) is 0. The van der Waals surface area contributed by atoms with Crippen molar-refractivity contribution in [2.45, 2.75) is 44.7 Å². The number of ether oxygens (including phenoxy) is 2. The Morgan fingerprint density at radius 2 is 1.96 bits per heavy atom. The average Bonchev–Trinajstić information content (AvgIpc) is 2.52. The SMILES string of the molecule is COc1ccc2c(c1)C(OS(=O)(=O)C(F)(F)F)=C[C@](C)(CCC=C(C)C)O2. The quantitative estimate of drug-likeness (QED) is 0.386. The lowest BCUT2D eigenvalue weighted by atomic mass is 9.93. The normalized spacial score (nSPS) is 19.4. The van der Waals surface area contributed by atoms with Crippen molar-refractivity contribution in [3.63, 3.8) is 0 Å². The number of allylic oxidation sites excluding steroid dienone is 2. The zero-order valence-electron chi connectivity index (χ0n) is 15.4. The number of benzene rings is 1. The summed E-state index contributed by atoms with van der Waals surface area (Å²) in [6.07, 6.45) is 4.23. The minimum absolute atomic E-state index is 0.0712. The molecule has 0 saturated carbocycles. The molecule has 2 rings (SSSR count). The summed E-state index contributed by atoms with van der Waals surface area (Å²) in [5.74, 6) is 0.0990. The van der Waals surface area contributed by atoms with Gasteiger partial charge in [0.05, 0.1) is 12.7 Å². The molecule has 1 aromatic rings. The highest BCUT2D eigenvalue weighted by molar-refractivity contribution is 7.87. The summed E-state index contributed by atoms with van der Waals surface area (Å²) in [5, 5.41) is 0. The van der Waals surface area contributed by atoms with Gasteiger partial charge in [0.15, 0.2) is 5.76 Å². The molecule has 0 amide bonds. The fourth-order valence-corrected chi connectivity index (χ4v) is 3.03. The number of halogens is 3. The van der Waals surface area contributed by atoms with Gasteiger partial charge in [-0.25, -0.2) is 0 Å². The second-order valence-electron chi connectivity index (χ2n) is 6.59. The topological polar surface area (TPSA) is 61.8 Å². The summed E-state index contributed by atoms with van der Waals surface area (Å²) >= 11 is 0. The fourth-order valence-electron chi connectivity index (χ4n) is 2.56. The molecule has 0 aromatic heterocycles. The molecule has 9 heteroatoms. The van der Waals surface area contributed by atoms with Gasteiger partial charge in [0.1, 0.15) is 17.1 Å². The number of methoxy groups -OCH3 is 1. The first-order valence-electron chi connectivity index (χ1n) is 8.11. The maximum atomic E-state index is 12.8. The predicted octanol–water partition coefficient (Wildman–Crippen LogP) is 4.80. The van der Waals surface area contributed by atoms with E-state index in [9.17, 15) is 21.6 Å². The van der Waals surface area contributed by atoms with Crippen molar-refractivity contribution in [1.82, 2.24) is 0 Å². The summed E-state index contributed by atoms with van der Waals surface area (Å²) in [4.78, 5) is 0. The Labute approximate surface area is 156 Å². The van der Waals surface area contributed by atoms with Crippen LogP contribution in [0.4, 0.5) is 13.2 Å². The monoisotopic (exact) mass is 406 g/mol. The zero-order chi connectivity index (χ0) is 20.5. The zero-order valence-corrected chi connectivity index (χ0v) is 16.2. The second kappa shape index (κ2) is 7.46. The molecular weight excluding hydrogens is 385 g/mol. The van der Waals surface area contributed by atoms with Gasteiger partial charge in [-0.2, -0.15) is 21.6 Å². The highest BCUT2D eigenvalue weighted by Crippen LogP contribution is 2.42. The van der Waals surface area contributed by atoms with Gasteiger partial charge in [-0.05, 0) is 51.8 Å². The molecule has 5 nitrogen and oxygen atoms in total. The Kier molecular flexibility index (Phi) is 5.84. The van der Waals surface area contributed by atoms with E-state index in [1.54, 1.807) is 13.0 Å². The molecule has 1 aliphatic rings. The molecule has 0 N–H and O–H groups in total. The van der Waals surface area contributed by atoms with Crippen LogP contribution >= 0.6 is 0 Å². The lowest BCUT2D eigenvalue weighted by Crippen LogP contribution is -2.34. The van der Waals surface area contributed by atoms with Crippen molar-refractivity contribution >= 4 is 15.9 Å². The maximum absolute atomic E-state index is 12.8.